The number of esters is 1. The quantitative estimate of drug-likeness (QED) is 0.826. The summed E-state index contributed by atoms with van der Waals surface area (Å²) in [6.07, 6.45) is 0.0472. The van der Waals surface area contributed by atoms with Gasteiger partial charge in [-0.25, -0.2) is 4.79 Å². The Morgan fingerprint density at radius 3 is 2.64 bits per heavy atom. The number of aliphatic hydroxyl groups is 1. The smallest absolute Gasteiger partial charge is 0.407 e. The average molecular weight is 307 g/mol. The number of ether oxygens (including phenoxy) is 2. The molecule has 22 heavy (non-hydrogen) atoms. The summed E-state index contributed by atoms with van der Waals surface area (Å²) in [5, 5.41) is 12.5. The Kier molecular flexibility index (Phi) is 5.77. The van der Waals surface area contributed by atoms with E-state index < -0.39 is 18.1 Å². The van der Waals surface area contributed by atoms with Crippen LogP contribution in [0.25, 0.3) is 0 Å². The van der Waals surface area contributed by atoms with Crippen LogP contribution in [0.5, 0.6) is 0 Å². The number of benzene rings is 1. The van der Waals surface area contributed by atoms with Crippen LogP contribution in [0.1, 0.15) is 24.8 Å². The van der Waals surface area contributed by atoms with Crippen molar-refractivity contribution in [2.45, 2.75) is 38.0 Å². The minimum atomic E-state index is -0.628. The summed E-state index contributed by atoms with van der Waals surface area (Å²) in [6.45, 7) is 0.183. The molecule has 3 atom stereocenters. The highest BCUT2D eigenvalue weighted by Crippen LogP contribution is 2.25. The number of hydrogen-bond acceptors (Lipinski definition) is 5. The van der Waals surface area contributed by atoms with E-state index in [9.17, 15) is 14.7 Å². The maximum Gasteiger partial charge on any atom is 0.407 e. The number of amides is 1. The molecule has 0 radical (unpaired) electrons. The van der Waals surface area contributed by atoms with Crippen molar-refractivity contribution in [2.75, 3.05) is 7.11 Å². The Morgan fingerprint density at radius 1 is 1.23 bits per heavy atom. The van der Waals surface area contributed by atoms with Gasteiger partial charge in [0.1, 0.15) is 6.61 Å². The Morgan fingerprint density at radius 2 is 1.95 bits per heavy atom. The molecule has 0 unspecified atom stereocenters. The van der Waals surface area contributed by atoms with Crippen molar-refractivity contribution in [1.29, 1.82) is 0 Å². The predicted molar refractivity (Wildman–Crippen MR) is 78.9 cm³/mol. The summed E-state index contributed by atoms with van der Waals surface area (Å²) >= 11 is 0. The van der Waals surface area contributed by atoms with Gasteiger partial charge in [0.2, 0.25) is 0 Å². The molecule has 0 bridgehead atoms. The van der Waals surface area contributed by atoms with Gasteiger partial charge < -0.3 is 19.9 Å². The van der Waals surface area contributed by atoms with Crippen LogP contribution in [-0.2, 0) is 20.9 Å². The van der Waals surface area contributed by atoms with Crippen molar-refractivity contribution >= 4 is 12.1 Å². The highest BCUT2D eigenvalue weighted by molar-refractivity contribution is 5.73. The third-order valence-electron chi connectivity index (χ3n) is 3.75. The zero-order chi connectivity index (χ0) is 15.9. The van der Waals surface area contributed by atoms with Crippen molar-refractivity contribution in [3.8, 4) is 0 Å². The summed E-state index contributed by atoms with van der Waals surface area (Å²) in [7, 11) is 1.32. The van der Waals surface area contributed by atoms with Crippen LogP contribution in [0.15, 0.2) is 30.3 Å². The fraction of sp³-hybridized carbons (Fsp3) is 0.500. The largest absolute Gasteiger partial charge is 0.469 e. The van der Waals surface area contributed by atoms with E-state index in [-0.39, 0.29) is 18.6 Å². The Balaban J connectivity index is 1.81. The molecule has 0 aliphatic heterocycles. The standard InChI is InChI=1S/C16H21NO5/c1-21-15(19)12-7-13(9-14(18)8-12)17-16(20)22-10-11-5-3-2-4-6-11/h2-6,12-14,18H,7-10H2,1H3,(H,17,20)/t12-,13+,14+/m1/s1. The van der Waals surface area contributed by atoms with Crippen molar-refractivity contribution in [3.63, 3.8) is 0 Å². The van der Waals surface area contributed by atoms with Gasteiger partial charge in [-0.3, -0.25) is 4.79 Å². The lowest BCUT2D eigenvalue weighted by molar-refractivity contribution is -0.148. The Labute approximate surface area is 129 Å². The van der Waals surface area contributed by atoms with Gasteiger partial charge in [0.15, 0.2) is 0 Å². The fourth-order valence-electron chi connectivity index (χ4n) is 2.70. The maximum atomic E-state index is 11.8. The van der Waals surface area contributed by atoms with Crippen molar-refractivity contribution in [3.05, 3.63) is 35.9 Å². The molecule has 2 N–H and O–H groups in total. The first kappa shape index (κ1) is 16.3. The third kappa shape index (κ3) is 4.73. The molecule has 0 aromatic heterocycles. The molecule has 1 saturated carbocycles. The van der Waals surface area contributed by atoms with Gasteiger partial charge in [0.25, 0.3) is 0 Å². The van der Waals surface area contributed by atoms with Gasteiger partial charge in [0, 0.05) is 6.04 Å². The number of carbonyl (C=O) groups excluding carboxylic acids is 2. The minimum absolute atomic E-state index is 0.183. The number of methoxy groups -OCH3 is 1. The van der Waals surface area contributed by atoms with Gasteiger partial charge in [-0.05, 0) is 24.8 Å². The predicted octanol–water partition coefficient (Wildman–Crippen LogP) is 1.62. The van der Waals surface area contributed by atoms with Gasteiger partial charge in [-0.15, -0.1) is 0 Å². The normalized spacial score (nSPS) is 24.4. The number of aliphatic hydroxyl groups excluding tert-OH is 1. The minimum Gasteiger partial charge on any atom is -0.469 e. The van der Waals surface area contributed by atoms with Gasteiger partial charge in [-0.1, -0.05) is 30.3 Å². The Hall–Kier alpha value is -2.08. The zero-order valence-electron chi connectivity index (χ0n) is 12.5. The fourth-order valence-corrected chi connectivity index (χ4v) is 2.70. The Bertz CT molecular complexity index is 505. The van der Waals surface area contributed by atoms with E-state index in [1.165, 1.54) is 7.11 Å². The molecule has 1 aromatic rings. The molecular formula is C16H21NO5. The van der Waals surface area contributed by atoms with E-state index in [4.69, 9.17) is 9.47 Å². The van der Waals surface area contributed by atoms with Crippen LogP contribution in [-0.4, -0.2) is 36.4 Å². The molecule has 1 fully saturated rings. The van der Waals surface area contributed by atoms with Crippen LogP contribution in [0.3, 0.4) is 0 Å². The summed E-state index contributed by atoms with van der Waals surface area (Å²) in [4.78, 5) is 23.4. The highest BCUT2D eigenvalue weighted by atomic mass is 16.5. The third-order valence-corrected chi connectivity index (χ3v) is 3.75. The zero-order valence-corrected chi connectivity index (χ0v) is 12.5. The summed E-state index contributed by atoms with van der Waals surface area (Å²) in [6, 6.07) is 9.07. The molecule has 6 heteroatoms. The van der Waals surface area contributed by atoms with E-state index in [1.807, 2.05) is 30.3 Å². The van der Waals surface area contributed by atoms with E-state index in [2.05, 4.69) is 5.32 Å². The van der Waals surface area contributed by atoms with E-state index in [1.54, 1.807) is 0 Å². The number of hydrogen-bond donors (Lipinski definition) is 2. The van der Waals surface area contributed by atoms with Crippen molar-refractivity contribution < 1.29 is 24.2 Å². The number of nitrogens with one attached hydrogen (secondary N) is 1. The molecule has 2 rings (SSSR count). The maximum absolute atomic E-state index is 11.8. The number of carbonyl (C=O) groups is 2. The summed E-state index contributed by atoms with van der Waals surface area (Å²) in [5.74, 6) is -0.753. The second-order valence-electron chi connectivity index (χ2n) is 5.48. The first-order valence-electron chi connectivity index (χ1n) is 7.31. The molecule has 1 amide bonds. The molecule has 0 saturated heterocycles. The first-order chi connectivity index (χ1) is 10.6. The first-order valence-corrected chi connectivity index (χ1v) is 7.31. The van der Waals surface area contributed by atoms with Crippen LogP contribution in [0, 0.1) is 5.92 Å². The number of rotatable bonds is 4. The van der Waals surface area contributed by atoms with E-state index >= 15 is 0 Å². The van der Waals surface area contributed by atoms with Crippen LogP contribution in [0.2, 0.25) is 0 Å². The monoisotopic (exact) mass is 307 g/mol. The summed E-state index contributed by atoms with van der Waals surface area (Å²) in [5.41, 5.74) is 0.897. The lowest BCUT2D eigenvalue weighted by atomic mass is 9.84. The van der Waals surface area contributed by atoms with Gasteiger partial charge >= 0.3 is 12.1 Å². The molecule has 1 aliphatic carbocycles. The van der Waals surface area contributed by atoms with E-state index in [0.29, 0.717) is 19.3 Å². The second-order valence-corrected chi connectivity index (χ2v) is 5.48. The van der Waals surface area contributed by atoms with Gasteiger partial charge in [-0.2, -0.15) is 0 Å². The van der Waals surface area contributed by atoms with Crippen LogP contribution >= 0.6 is 0 Å². The molecule has 1 aromatic carbocycles. The molecule has 120 valence electrons. The lowest BCUT2D eigenvalue weighted by Gasteiger charge is -2.31. The SMILES string of the molecule is COC(=O)[C@H]1C[C@H](O)C[C@@H](NC(=O)OCc2ccccc2)C1. The lowest BCUT2D eigenvalue weighted by Crippen LogP contribution is -2.44. The highest BCUT2D eigenvalue weighted by Gasteiger charge is 2.33. The van der Waals surface area contributed by atoms with E-state index in [0.717, 1.165) is 5.56 Å². The topological polar surface area (TPSA) is 84.9 Å². The van der Waals surface area contributed by atoms with Crippen molar-refractivity contribution in [2.24, 2.45) is 5.92 Å². The summed E-state index contributed by atoms with van der Waals surface area (Å²) < 4.78 is 9.84. The molecule has 6 nitrogen and oxygen atoms in total. The molecule has 0 heterocycles. The molecule has 1 aliphatic rings. The number of alkyl carbamates (subject to hydrolysis) is 1. The van der Waals surface area contributed by atoms with Gasteiger partial charge in [0.05, 0.1) is 19.1 Å². The average Bonchev–Trinajstić information content (AvgIpc) is 2.52. The second kappa shape index (κ2) is 7.79. The molecule has 0 spiro atoms. The van der Waals surface area contributed by atoms with Crippen molar-refractivity contribution in [1.82, 2.24) is 5.32 Å². The van der Waals surface area contributed by atoms with Crippen LogP contribution in [0.4, 0.5) is 4.79 Å². The van der Waals surface area contributed by atoms with Crippen LogP contribution < -0.4 is 5.32 Å². The molecular weight excluding hydrogens is 286 g/mol.